The molecule has 0 atom stereocenters. The van der Waals surface area contributed by atoms with Crippen molar-refractivity contribution >= 4 is 43.6 Å². The average Bonchev–Trinajstić information content (AvgIpc) is 3.99. The van der Waals surface area contributed by atoms with Crippen molar-refractivity contribution in [3.8, 4) is 45.0 Å². The van der Waals surface area contributed by atoms with Crippen molar-refractivity contribution in [2.45, 2.75) is 5.41 Å². The summed E-state index contributed by atoms with van der Waals surface area (Å²) >= 11 is 0. The molecule has 13 rings (SSSR count). The molecule has 0 N–H and O–H groups in total. The number of rotatable bonds is 3. The number of pyridine rings is 1. The van der Waals surface area contributed by atoms with E-state index < -0.39 is 0 Å². The fourth-order valence-electron chi connectivity index (χ4n) is 10.6. The van der Waals surface area contributed by atoms with Gasteiger partial charge >= 0.3 is 0 Å². The fourth-order valence-corrected chi connectivity index (χ4v) is 10.6. The SMILES string of the molecule is c1ccc(-n2c3ccccc3c3ccc4c5ccccc5n(-c5cccc(-c6ccc7c(c6)-c6ccccc6C76c7ccccc7-c7ccccc76)n5)c4c32)cc1. The molecular formula is C54H33N3. The van der Waals surface area contributed by atoms with E-state index >= 15 is 0 Å². The molecule has 264 valence electrons. The van der Waals surface area contributed by atoms with Crippen LogP contribution in [0.4, 0.5) is 0 Å². The van der Waals surface area contributed by atoms with Crippen molar-refractivity contribution in [2.24, 2.45) is 0 Å². The highest BCUT2D eigenvalue weighted by atomic mass is 15.1. The fraction of sp³-hybridized carbons (Fsp3) is 0.0185. The highest BCUT2D eigenvalue weighted by molar-refractivity contribution is 6.23. The van der Waals surface area contributed by atoms with E-state index in [1.807, 2.05) is 0 Å². The maximum Gasteiger partial charge on any atom is 0.138 e. The van der Waals surface area contributed by atoms with Crippen LogP contribution in [0.3, 0.4) is 0 Å². The topological polar surface area (TPSA) is 22.8 Å². The van der Waals surface area contributed by atoms with E-state index in [1.54, 1.807) is 0 Å². The van der Waals surface area contributed by atoms with Crippen molar-refractivity contribution < 1.29 is 0 Å². The first-order chi connectivity index (χ1) is 28.3. The lowest BCUT2D eigenvalue weighted by Gasteiger charge is -2.30. The van der Waals surface area contributed by atoms with E-state index in [0.29, 0.717) is 0 Å². The molecule has 2 aliphatic rings. The van der Waals surface area contributed by atoms with E-state index in [4.69, 9.17) is 4.98 Å². The first kappa shape index (κ1) is 30.8. The second-order valence-corrected chi connectivity index (χ2v) is 15.4. The minimum Gasteiger partial charge on any atom is -0.307 e. The van der Waals surface area contributed by atoms with Gasteiger partial charge in [0.05, 0.1) is 33.2 Å². The van der Waals surface area contributed by atoms with E-state index in [2.05, 4.69) is 209 Å². The summed E-state index contributed by atoms with van der Waals surface area (Å²) in [6.07, 6.45) is 0. The van der Waals surface area contributed by atoms with Gasteiger partial charge < -0.3 is 4.57 Å². The predicted octanol–water partition coefficient (Wildman–Crippen LogP) is 13.3. The first-order valence-electron chi connectivity index (χ1n) is 19.7. The Bertz CT molecular complexity index is 3430. The number of para-hydroxylation sites is 3. The van der Waals surface area contributed by atoms with E-state index in [1.165, 1.54) is 77.1 Å². The van der Waals surface area contributed by atoms with Gasteiger partial charge in [-0.15, -0.1) is 0 Å². The van der Waals surface area contributed by atoms with Crippen molar-refractivity contribution in [1.29, 1.82) is 0 Å². The number of fused-ring (bicyclic) bond motifs is 17. The van der Waals surface area contributed by atoms with Gasteiger partial charge in [0.2, 0.25) is 0 Å². The van der Waals surface area contributed by atoms with Gasteiger partial charge in [-0.1, -0.05) is 158 Å². The second-order valence-electron chi connectivity index (χ2n) is 15.4. The normalized spacial score (nSPS) is 13.4. The Balaban J connectivity index is 1.06. The molecule has 11 aromatic rings. The summed E-state index contributed by atoms with van der Waals surface area (Å²) < 4.78 is 4.82. The lowest BCUT2D eigenvalue weighted by molar-refractivity contribution is 0.794. The zero-order valence-electron chi connectivity index (χ0n) is 30.9. The third-order valence-corrected chi connectivity index (χ3v) is 12.7. The molecule has 0 aliphatic heterocycles. The molecule has 2 aliphatic carbocycles. The quantitative estimate of drug-likeness (QED) is 0.178. The highest BCUT2D eigenvalue weighted by Crippen LogP contribution is 2.63. The maximum atomic E-state index is 5.54. The van der Waals surface area contributed by atoms with Crippen LogP contribution in [0.1, 0.15) is 22.3 Å². The molecule has 3 heterocycles. The maximum absolute atomic E-state index is 5.54. The molecule has 0 saturated carbocycles. The van der Waals surface area contributed by atoms with Crippen LogP contribution in [-0.4, -0.2) is 14.1 Å². The van der Waals surface area contributed by atoms with Gasteiger partial charge in [-0.05, 0) is 87.0 Å². The summed E-state index contributed by atoms with van der Waals surface area (Å²) in [5.41, 5.74) is 18.1. The highest BCUT2D eigenvalue weighted by Gasteiger charge is 2.51. The van der Waals surface area contributed by atoms with Crippen molar-refractivity contribution in [1.82, 2.24) is 14.1 Å². The van der Waals surface area contributed by atoms with Crippen LogP contribution in [0.15, 0.2) is 200 Å². The molecule has 0 bridgehead atoms. The van der Waals surface area contributed by atoms with Crippen molar-refractivity contribution in [3.05, 3.63) is 222 Å². The largest absolute Gasteiger partial charge is 0.307 e. The first-order valence-corrected chi connectivity index (χ1v) is 19.7. The Kier molecular flexibility index (Phi) is 6.10. The molecule has 0 fully saturated rings. The molecule has 0 saturated heterocycles. The van der Waals surface area contributed by atoms with Gasteiger partial charge in [0.15, 0.2) is 0 Å². The monoisotopic (exact) mass is 723 g/mol. The standard InChI is InChI=1S/C54H33N3/c1-2-15-35(16-3-1)56-49-26-12-7-20-39(49)41-30-31-42-40-21-8-13-27-50(40)57(53(42)52(41)56)51-28-14-25-48(55-51)34-29-32-47-43(33-34)38-19-6-11-24-46(38)54(47)44-22-9-4-17-36(44)37-18-5-10-23-45(37)54/h1-33H. The number of nitrogens with zero attached hydrogens (tertiary/aromatic N) is 3. The zero-order chi connectivity index (χ0) is 37.2. The van der Waals surface area contributed by atoms with E-state index in [0.717, 1.165) is 33.8 Å². The van der Waals surface area contributed by atoms with Gasteiger partial charge in [0.25, 0.3) is 0 Å². The second kappa shape index (κ2) is 11.3. The minimum atomic E-state index is -0.363. The molecule has 3 nitrogen and oxygen atoms in total. The summed E-state index contributed by atoms with van der Waals surface area (Å²) in [5.74, 6) is 0.895. The van der Waals surface area contributed by atoms with Crippen LogP contribution >= 0.6 is 0 Å². The Morgan fingerprint density at radius 2 is 0.860 bits per heavy atom. The zero-order valence-corrected chi connectivity index (χ0v) is 30.9. The number of hydrogen-bond donors (Lipinski definition) is 0. The molecule has 1 spiro atoms. The lowest BCUT2D eigenvalue weighted by atomic mass is 9.70. The third-order valence-electron chi connectivity index (χ3n) is 12.7. The summed E-state index contributed by atoms with van der Waals surface area (Å²) in [7, 11) is 0. The van der Waals surface area contributed by atoms with Gasteiger partial charge in [0.1, 0.15) is 5.82 Å². The molecular weight excluding hydrogens is 691 g/mol. The van der Waals surface area contributed by atoms with Crippen LogP contribution in [0.2, 0.25) is 0 Å². The average molecular weight is 724 g/mol. The molecule has 3 heteroatoms. The molecule has 8 aromatic carbocycles. The molecule has 0 amide bonds. The van der Waals surface area contributed by atoms with E-state index in [-0.39, 0.29) is 5.41 Å². The number of aromatic nitrogens is 3. The Labute approximate surface area is 329 Å². The van der Waals surface area contributed by atoms with Crippen LogP contribution in [0, 0.1) is 0 Å². The Morgan fingerprint density at radius 3 is 1.51 bits per heavy atom. The van der Waals surface area contributed by atoms with Crippen LogP contribution in [0.5, 0.6) is 0 Å². The summed E-state index contributed by atoms with van der Waals surface area (Å²) in [6, 6.07) is 73.4. The Morgan fingerprint density at radius 1 is 0.351 bits per heavy atom. The third kappa shape index (κ3) is 3.92. The smallest absolute Gasteiger partial charge is 0.138 e. The lowest BCUT2D eigenvalue weighted by Crippen LogP contribution is -2.25. The number of benzene rings is 8. The summed E-state index contributed by atoms with van der Waals surface area (Å²) in [6.45, 7) is 0. The van der Waals surface area contributed by atoms with Crippen LogP contribution in [0.25, 0.3) is 88.6 Å². The molecule has 57 heavy (non-hydrogen) atoms. The molecule has 0 unspecified atom stereocenters. The molecule has 0 radical (unpaired) electrons. The predicted molar refractivity (Wildman–Crippen MR) is 235 cm³/mol. The van der Waals surface area contributed by atoms with Gasteiger partial charge in [-0.2, -0.15) is 0 Å². The van der Waals surface area contributed by atoms with Gasteiger partial charge in [0, 0.05) is 32.8 Å². The van der Waals surface area contributed by atoms with E-state index in [9.17, 15) is 0 Å². The van der Waals surface area contributed by atoms with Gasteiger partial charge in [-0.25, -0.2) is 4.98 Å². The molecule has 3 aromatic heterocycles. The van der Waals surface area contributed by atoms with Crippen molar-refractivity contribution in [3.63, 3.8) is 0 Å². The van der Waals surface area contributed by atoms with Gasteiger partial charge in [-0.3, -0.25) is 4.57 Å². The number of hydrogen-bond acceptors (Lipinski definition) is 1. The van der Waals surface area contributed by atoms with Crippen LogP contribution in [-0.2, 0) is 5.41 Å². The van der Waals surface area contributed by atoms with Crippen molar-refractivity contribution in [2.75, 3.05) is 0 Å². The Hall–Kier alpha value is -7.49. The minimum absolute atomic E-state index is 0.363. The summed E-state index contributed by atoms with van der Waals surface area (Å²) in [4.78, 5) is 5.54. The van der Waals surface area contributed by atoms with Crippen LogP contribution < -0.4 is 0 Å². The summed E-state index contributed by atoms with van der Waals surface area (Å²) in [5, 5.41) is 4.88.